The lowest BCUT2D eigenvalue weighted by Gasteiger charge is -2.18. The second-order valence-electron chi connectivity index (χ2n) is 5.63. The average molecular weight is 365 g/mol. The third kappa shape index (κ3) is 8.49. The fourth-order valence-corrected chi connectivity index (χ4v) is 3.03. The number of aromatic nitrogens is 1. The molecule has 1 aromatic heterocycles. The maximum absolute atomic E-state index is 12.2. The zero-order valence-corrected chi connectivity index (χ0v) is 15.4. The number of alkyl halides is 3. The minimum absolute atomic E-state index is 0.376. The smallest absolute Gasteiger partial charge is 0.356 e. The molecule has 0 aliphatic rings. The summed E-state index contributed by atoms with van der Waals surface area (Å²) in [6, 6.07) is 0. The lowest BCUT2D eigenvalue weighted by Crippen LogP contribution is -2.40. The van der Waals surface area contributed by atoms with Gasteiger partial charge in [0.25, 0.3) is 0 Å². The predicted octanol–water partition coefficient (Wildman–Crippen LogP) is 2.35. The van der Waals surface area contributed by atoms with Crippen LogP contribution < -0.4 is 10.6 Å². The van der Waals surface area contributed by atoms with Crippen LogP contribution in [0.4, 0.5) is 13.2 Å². The van der Waals surface area contributed by atoms with E-state index < -0.39 is 12.7 Å². The zero-order valence-electron chi connectivity index (χ0n) is 14.6. The average Bonchev–Trinajstić information content (AvgIpc) is 2.78. The second-order valence-corrected chi connectivity index (χ2v) is 6.92. The number of halogens is 3. The van der Waals surface area contributed by atoms with Crippen LogP contribution in [0.1, 0.15) is 22.0 Å². The number of thiazole rings is 1. The Morgan fingerprint density at radius 2 is 1.92 bits per heavy atom. The second kappa shape index (κ2) is 9.83. The molecule has 0 atom stereocenters. The Balaban J connectivity index is 2.19. The van der Waals surface area contributed by atoms with Crippen molar-refractivity contribution in [3.63, 3.8) is 0 Å². The molecule has 0 spiro atoms. The molecular formula is C15H26F3N5S. The van der Waals surface area contributed by atoms with Crippen LogP contribution in [0.2, 0.25) is 0 Å². The SMILES string of the molecule is CN=C(NCCCN(C)CC(F)(F)F)NCCc1nc(C)c(C)s1. The number of nitrogens with one attached hydrogen (secondary N) is 2. The predicted molar refractivity (Wildman–Crippen MR) is 92.8 cm³/mol. The Morgan fingerprint density at radius 3 is 2.46 bits per heavy atom. The van der Waals surface area contributed by atoms with E-state index in [9.17, 15) is 13.2 Å². The van der Waals surface area contributed by atoms with E-state index in [4.69, 9.17) is 0 Å². The van der Waals surface area contributed by atoms with Crippen LogP contribution in [0, 0.1) is 13.8 Å². The van der Waals surface area contributed by atoms with E-state index in [1.165, 1.54) is 16.8 Å². The van der Waals surface area contributed by atoms with Gasteiger partial charge in [0, 0.05) is 31.4 Å². The van der Waals surface area contributed by atoms with Crippen molar-refractivity contribution in [1.82, 2.24) is 20.5 Å². The van der Waals surface area contributed by atoms with Gasteiger partial charge in [-0.25, -0.2) is 4.98 Å². The Morgan fingerprint density at radius 1 is 1.25 bits per heavy atom. The van der Waals surface area contributed by atoms with Crippen molar-refractivity contribution in [2.45, 2.75) is 32.9 Å². The first-order valence-corrected chi connectivity index (χ1v) is 8.65. The van der Waals surface area contributed by atoms with Crippen molar-refractivity contribution in [3.05, 3.63) is 15.6 Å². The first kappa shape index (κ1) is 20.7. The summed E-state index contributed by atoms with van der Waals surface area (Å²) >= 11 is 1.69. The van der Waals surface area contributed by atoms with Crippen molar-refractivity contribution in [2.75, 3.05) is 40.3 Å². The molecule has 24 heavy (non-hydrogen) atoms. The lowest BCUT2D eigenvalue weighted by molar-refractivity contribution is -0.143. The van der Waals surface area contributed by atoms with E-state index in [0.717, 1.165) is 17.1 Å². The zero-order chi connectivity index (χ0) is 18.2. The van der Waals surface area contributed by atoms with Crippen molar-refractivity contribution in [2.24, 2.45) is 4.99 Å². The molecule has 0 radical (unpaired) electrons. The first-order valence-electron chi connectivity index (χ1n) is 7.84. The van der Waals surface area contributed by atoms with Crippen LogP contribution >= 0.6 is 11.3 Å². The first-order chi connectivity index (χ1) is 11.2. The number of hydrogen-bond donors (Lipinski definition) is 2. The van der Waals surface area contributed by atoms with Crippen LogP contribution in [0.3, 0.4) is 0 Å². The van der Waals surface area contributed by atoms with Gasteiger partial charge in [0.15, 0.2) is 5.96 Å². The number of rotatable bonds is 8. The molecule has 0 aliphatic carbocycles. The van der Waals surface area contributed by atoms with Crippen LogP contribution in [0.15, 0.2) is 4.99 Å². The summed E-state index contributed by atoms with van der Waals surface area (Å²) in [5.74, 6) is 0.651. The molecular weight excluding hydrogens is 339 g/mol. The molecule has 138 valence electrons. The standard InChI is InChI=1S/C15H26F3N5S/c1-11-12(2)24-13(22-11)6-8-21-14(19-3)20-7-5-9-23(4)10-15(16,17)18/h5-10H2,1-4H3,(H2,19,20,21). The van der Waals surface area contributed by atoms with Gasteiger partial charge in [0.2, 0.25) is 0 Å². The topological polar surface area (TPSA) is 52.6 Å². The third-order valence-corrected chi connectivity index (χ3v) is 4.52. The summed E-state index contributed by atoms with van der Waals surface area (Å²) < 4.78 is 36.6. The monoisotopic (exact) mass is 365 g/mol. The number of nitrogens with zero attached hydrogens (tertiary/aromatic N) is 3. The largest absolute Gasteiger partial charge is 0.401 e. The van der Waals surface area contributed by atoms with Gasteiger partial charge in [-0.3, -0.25) is 9.89 Å². The molecule has 1 rings (SSSR count). The summed E-state index contributed by atoms with van der Waals surface area (Å²) in [4.78, 5) is 11.1. The van der Waals surface area contributed by atoms with Crippen LogP contribution in [-0.4, -0.2) is 62.3 Å². The van der Waals surface area contributed by atoms with Crippen molar-refractivity contribution in [3.8, 4) is 0 Å². The Bertz CT molecular complexity index is 508. The summed E-state index contributed by atoms with van der Waals surface area (Å²) in [5, 5.41) is 7.37. The highest BCUT2D eigenvalue weighted by molar-refractivity contribution is 7.11. The minimum Gasteiger partial charge on any atom is -0.356 e. The number of guanidine groups is 1. The van der Waals surface area contributed by atoms with Crippen LogP contribution in [-0.2, 0) is 6.42 Å². The summed E-state index contributed by atoms with van der Waals surface area (Å²) in [7, 11) is 3.14. The fraction of sp³-hybridized carbons (Fsp3) is 0.733. The van der Waals surface area contributed by atoms with Gasteiger partial charge in [-0.1, -0.05) is 0 Å². The molecule has 1 aromatic rings. The van der Waals surface area contributed by atoms with Gasteiger partial charge in [-0.05, 0) is 33.9 Å². The number of aryl methyl sites for hydroxylation is 2. The lowest BCUT2D eigenvalue weighted by atomic mass is 10.4. The van der Waals surface area contributed by atoms with E-state index in [2.05, 4.69) is 27.5 Å². The maximum Gasteiger partial charge on any atom is 0.401 e. The third-order valence-electron chi connectivity index (χ3n) is 3.39. The Hall–Kier alpha value is -1.35. The van der Waals surface area contributed by atoms with Crippen molar-refractivity contribution in [1.29, 1.82) is 0 Å². The van der Waals surface area contributed by atoms with E-state index >= 15 is 0 Å². The van der Waals surface area contributed by atoms with Gasteiger partial charge in [-0.2, -0.15) is 13.2 Å². The van der Waals surface area contributed by atoms with Crippen molar-refractivity contribution < 1.29 is 13.2 Å². The quantitative estimate of drug-likeness (QED) is 0.422. The molecule has 0 saturated carbocycles. The maximum atomic E-state index is 12.2. The van der Waals surface area contributed by atoms with Gasteiger partial charge in [-0.15, -0.1) is 11.3 Å². The summed E-state index contributed by atoms with van der Waals surface area (Å²) in [6.07, 6.45) is -2.72. The summed E-state index contributed by atoms with van der Waals surface area (Å²) in [6.45, 7) is 4.82. The van der Waals surface area contributed by atoms with Crippen molar-refractivity contribution >= 4 is 17.3 Å². The molecule has 0 unspecified atom stereocenters. The number of hydrogen-bond acceptors (Lipinski definition) is 4. The molecule has 0 aliphatic heterocycles. The van der Waals surface area contributed by atoms with E-state index in [1.807, 2.05) is 6.92 Å². The molecule has 0 saturated heterocycles. The van der Waals surface area contributed by atoms with E-state index in [-0.39, 0.29) is 0 Å². The Kier molecular flexibility index (Phi) is 8.47. The van der Waals surface area contributed by atoms with Gasteiger partial charge < -0.3 is 10.6 Å². The van der Waals surface area contributed by atoms with Gasteiger partial charge in [0.05, 0.1) is 17.2 Å². The minimum atomic E-state index is -4.15. The van der Waals surface area contributed by atoms with E-state index in [1.54, 1.807) is 18.4 Å². The summed E-state index contributed by atoms with van der Waals surface area (Å²) in [5.41, 5.74) is 1.07. The Labute approximate surface area is 145 Å². The van der Waals surface area contributed by atoms with Crippen LogP contribution in [0.25, 0.3) is 0 Å². The molecule has 9 heteroatoms. The molecule has 0 amide bonds. The molecule has 0 fully saturated rings. The highest BCUT2D eigenvalue weighted by Crippen LogP contribution is 2.16. The highest BCUT2D eigenvalue weighted by Gasteiger charge is 2.28. The molecule has 5 nitrogen and oxygen atoms in total. The molecule has 1 heterocycles. The molecule has 2 N–H and O–H groups in total. The molecule has 0 bridgehead atoms. The fourth-order valence-electron chi connectivity index (χ4n) is 2.10. The van der Waals surface area contributed by atoms with Crippen LogP contribution in [0.5, 0.6) is 0 Å². The highest BCUT2D eigenvalue weighted by atomic mass is 32.1. The normalized spacial score (nSPS) is 12.8. The van der Waals surface area contributed by atoms with E-state index in [0.29, 0.717) is 32.0 Å². The molecule has 0 aromatic carbocycles. The van der Waals surface area contributed by atoms with Gasteiger partial charge >= 0.3 is 6.18 Å². The number of aliphatic imine (C=N–C) groups is 1. The van der Waals surface area contributed by atoms with Gasteiger partial charge in [0.1, 0.15) is 0 Å².